The third-order valence-corrected chi connectivity index (χ3v) is 9.58. The summed E-state index contributed by atoms with van der Waals surface area (Å²) in [7, 11) is 0. The van der Waals surface area contributed by atoms with Crippen molar-refractivity contribution in [1.82, 2.24) is 5.32 Å². The number of carbonyl (C=O) groups excluding carboxylic acids is 1. The molecule has 48 heavy (non-hydrogen) atoms. The summed E-state index contributed by atoms with van der Waals surface area (Å²) in [6, 6.07) is 21.6. The number of benzene rings is 2. The molecule has 4 unspecified atom stereocenters. The molecule has 2 aromatic carbocycles. The molecule has 2 fully saturated rings. The van der Waals surface area contributed by atoms with Gasteiger partial charge in [-0.05, 0) is 68.8 Å². The Balaban J connectivity index is 1.56. The van der Waals surface area contributed by atoms with E-state index in [1.165, 1.54) is 0 Å². The van der Waals surface area contributed by atoms with Gasteiger partial charge in [0, 0.05) is 13.8 Å². The summed E-state index contributed by atoms with van der Waals surface area (Å²) >= 11 is 0. The highest BCUT2D eigenvalue weighted by Crippen LogP contribution is 2.41. The largest absolute Gasteiger partial charge is 0.491 e. The van der Waals surface area contributed by atoms with Gasteiger partial charge in [-0.1, -0.05) is 0 Å². The maximum absolute atomic E-state index is 14.0. The van der Waals surface area contributed by atoms with Crippen LogP contribution in [0.15, 0.2) is 48.5 Å². The molecular weight excluding hydrogens is 610 g/mol. The minimum atomic E-state index is -1.11. The Hall–Kier alpha value is -4.69. The molecule has 2 saturated heterocycles. The molecule has 2 heterocycles. The van der Waals surface area contributed by atoms with Crippen LogP contribution in [-0.2, 0) is 0 Å². The van der Waals surface area contributed by atoms with Gasteiger partial charge < -0.3 is 24.2 Å². The number of aliphatic hydroxyl groups excluding tert-OH is 2. The molecule has 0 aliphatic carbocycles. The summed E-state index contributed by atoms with van der Waals surface area (Å²) in [6.45, 7) is 9.24. The van der Waals surface area contributed by atoms with Crippen LogP contribution in [0, 0.1) is 57.2 Å². The van der Waals surface area contributed by atoms with Crippen LogP contribution in [0.3, 0.4) is 0 Å². The second-order valence-corrected chi connectivity index (χ2v) is 14.4. The number of quaternary nitrogens is 2. The molecule has 3 N–H and O–H groups in total. The van der Waals surface area contributed by atoms with E-state index in [-0.39, 0.29) is 48.7 Å². The lowest BCUT2D eigenvalue weighted by Crippen LogP contribution is -2.77. The highest BCUT2D eigenvalue weighted by Gasteiger charge is 2.60. The Morgan fingerprint density at radius 3 is 1.60 bits per heavy atom. The molecular formula is C36H45N7O5+2. The van der Waals surface area contributed by atoms with Crippen LogP contribution in [0.4, 0.5) is 4.79 Å². The summed E-state index contributed by atoms with van der Waals surface area (Å²) in [5, 5.41) is 63.5. The Labute approximate surface area is 282 Å². The van der Waals surface area contributed by atoms with E-state index in [1.807, 2.05) is 0 Å². The number of urea groups is 1. The summed E-state index contributed by atoms with van der Waals surface area (Å²) in [5.74, 6) is 1.02. The van der Waals surface area contributed by atoms with Gasteiger partial charge >= 0.3 is 6.03 Å². The van der Waals surface area contributed by atoms with Crippen molar-refractivity contribution in [2.45, 2.75) is 57.4 Å². The number of piperidine rings is 2. The second kappa shape index (κ2) is 14.6. The number of hydrogen-bond acceptors (Lipinski definition) is 9. The highest BCUT2D eigenvalue weighted by atomic mass is 16.5. The molecule has 0 saturated carbocycles. The molecule has 4 atom stereocenters. The first-order valence-electron chi connectivity index (χ1n) is 16.2. The zero-order valence-electron chi connectivity index (χ0n) is 28.1. The van der Waals surface area contributed by atoms with Crippen LogP contribution < -0.4 is 14.8 Å². The molecule has 0 aromatic heterocycles. The molecule has 2 aliphatic rings. The maximum Gasteiger partial charge on any atom is 0.419 e. The second-order valence-electron chi connectivity index (χ2n) is 14.4. The van der Waals surface area contributed by atoms with Gasteiger partial charge in [0.05, 0.1) is 67.3 Å². The highest BCUT2D eigenvalue weighted by molar-refractivity contribution is 5.69. The Kier molecular flexibility index (Phi) is 11.0. The van der Waals surface area contributed by atoms with Gasteiger partial charge in [0.15, 0.2) is 5.54 Å². The van der Waals surface area contributed by atoms with Gasteiger partial charge in [-0.15, -0.1) is 0 Å². The lowest BCUT2D eigenvalue weighted by molar-refractivity contribution is -0.971. The SMILES string of the molecule is CC(C)(C#N)NC(=O)[N+]1(C(C)(C)C#N)CC2CC(C[N+](CC(O)COc3ccc(C#N)cc3)(CC(O)COc3ccc(C#N)cc3)C2)C1. The van der Waals surface area contributed by atoms with Gasteiger partial charge in [0.1, 0.15) is 61.6 Å². The molecule has 2 bridgehead atoms. The molecule has 2 amide bonds. The average molecular weight is 656 g/mol. The molecule has 0 spiro atoms. The van der Waals surface area contributed by atoms with Crippen molar-refractivity contribution in [3.05, 3.63) is 59.7 Å². The molecule has 2 aliphatic heterocycles. The van der Waals surface area contributed by atoms with Gasteiger partial charge in [-0.3, -0.25) is 5.32 Å². The number of rotatable bonds is 12. The minimum Gasteiger partial charge on any atom is -0.491 e. The standard InChI is InChI=1S/C36H44N7O5/c1-35(2,24-39)41-34(46)43(36(3,4)25-40)18-28-13-29(19-43)17-42(16-28,20-30(44)22-47-32-9-5-26(14-37)6-10-32)21-31(45)23-48-33-11-7-27(15-38)8-12-33/h5-12,28-31,44-45H,13,16-23H2,1-4H3/q+1/p+1. The number of nitrogens with zero attached hydrogens (tertiary/aromatic N) is 6. The van der Waals surface area contributed by atoms with E-state index in [0.717, 1.165) is 6.42 Å². The van der Waals surface area contributed by atoms with Crippen molar-refractivity contribution in [1.29, 1.82) is 21.0 Å². The number of ether oxygens (including phenoxy) is 2. The zero-order valence-corrected chi connectivity index (χ0v) is 28.1. The van der Waals surface area contributed by atoms with Gasteiger partial charge in [0.25, 0.3) is 0 Å². The van der Waals surface area contributed by atoms with Gasteiger partial charge in [-0.2, -0.15) is 21.0 Å². The van der Waals surface area contributed by atoms with Crippen molar-refractivity contribution < 1.29 is 33.4 Å². The molecule has 4 rings (SSSR count). The van der Waals surface area contributed by atoms with Crippen molar-refractivity contribution in [2.24, 2.45) is 11.8 Å². The van der Waals surface area contributed by atoms with Crippen molar-refractivity contribution in [2.75, 3.05) is 52.5 Å². The van der Waals surface area contributed by atoms with Gasteiger partial charge in [-0.25, -0.2) is 9.28 Å². The fourth-order valence-electron chi connectivity index (χ4n) is 7.39. The van der Waals surface area contributed by atoms with Crippen molar-refractivity contribution in [3.8, 4) is 35.8 Å². The maximum atomic E-state index is 14.0. The summed E-state index contributed by atoms with van der Waals surface area (Å²) in [5.41, 5.74) is -1.17. The summed E-state index contributed by atoms with van der Waals surface area (Å²) in [4.78, 5) is 14.0. The number of amides is 2. The minimum absolute atomic E-state index is 0.00613. The fraction of sp³-hybridized carbons (Fsp3) is 0.528. The quantitative estimate of drug-likeness (QED) is 0.289. The van der Waals surface area contributed by atoms with E-state index >= 15 is 0 Å². The van der Waals surface area contributed by atoms with Crippen molar-refractivity contribution in [3.63, 3.8) is 0 Å². The first-order valence-corrected chi connectivity index (χ1v) is 16.2. The number of hydrogen-bond donors (Lipinski definition) is 3. The smallest absolute Gasteiger partial charge is 0.419 e. The Bertz CT molecular complexity index is 1530. The van der Waals surface area contributed by atoms with Gasteiger partial charge in [0.2, 0.25) is 0 Å². The van der Waals surface area contributed by atoms with Crippen LogP contribution in [0.25, 0.3) is 0 Å². The monoisotopic (exact) mass is 655 g/mol. The fourth-order valence-corrected chi connectivity index (χ4v) is 7.39. The Morgan fingerprint density at radius 2 is 1.23 bits per heavy atom. The van der Waals surface area contributed by atoms with Crippen LogP contribution in [-0.4, -0.2) is 101 Å². The first kappa shape index (κ1) is 36.2. The number of fused-ring (bicyclic) bond motifs is 2. The van der Waals surface area contributed by atoms with Crippen LogP contribution >= 0.6 is 0 Å². The number of nitrogens with one attached hydrogen (secondary N) is 1. The third-order valence-electron chi connectivity index (χ3n) is 9.58. The summed E-state index contributed by atoms with van der Waals surface area (Å²) < 4.78 is 12.0. The molecule has 2 aromatic rings. The lowest BCUT2D eigenvalue weighted by Gasteiger charge is -2.57. The van der Waals surface area contributed by atoms with Crippen molar-refractivity contribution >= 4 is 6.03 Å². The predicted molar refractivity (Wildman–Crippen MR) is 175 cm³/mol. The molecule has 12 heteroatoms. The number of likely N-dealkylation sites (tertiary alicyclic amines) is 2. The number of carbonyl (C=O) groups is 1. The third kappa shape index (κ3) is 8.42. The number of aliphatic hydroxyl groups is 2. The topological polar surface area (TPSA) is 183 Å². The summed E-state index contributed by atoms with van der Waals surface area (Å²) in [6.07, 6.45) is -0.937. The van der Waals surface area contributed by atoms with E-state index in [0.29, 0.717) is 53.3 Å². The zero-order chi connectivity index (χ0) is 35.2. The van der Waals surface area contributed by atoms with E-state index in [9.17, 15) is 25.5 Å². The lowest BCUT2D eigenvalue weighted by atomic mass is 9.78. The van der Waals surface area contributed by atoms with Crippen LogP contribution in [0.1, 0.15) is 45.2 Å². The van der Waals surface area contributed by atoms with Crippen LogP contribution in [0.5, 0.6) is 11.5 Å². The molecule has 0 radical (unpaired) electrons. The predicted octanol–water partition coefficient (Wildman–Crippen LogP) is 3.21. The Morgan fingerprint density at radius 1 is 0.792 bits per heavy atom. The van der Waals surface area contributed by atoms with E-state index in [4.69, 9.17) is 20.0 Å². The first-order chi connectivity index (χ1) is 22.7. The molecule has 12 nitrogen and oxygen atoms in total. The number of nitriles is 4. The average Bonchev–Trinajstić information content (AvgIpc) is 3.05. The van der Waals surface area contributed by atoms with E-state index in [2.05, 4.69) is 29.6 Å². The molecule has 252 valence electrons. The van der Waals surface area contributed by atoms with E-state index in [1.54, 1.807) is 76.2 Å². The van der Waals surface area contributed by atoms with E-state index < -0.39 is 23.3 Å². The van der Waals surface area contributed by atoms with Crippen LogP contribution in [0.2, 0.25) is 0 Å². The normalized spacial score (nSPS) is 24.8.